The Bertz CT molecular complexity index is 2160. The molecule has 11 rings (SSSR count). The standard InChI is InChI=1S/C48H65N11O5/c1-47(64)18-3-2-4-21-58-45(63)37-27-49-46(53-42(37)59(58)40-7-5-6-39(47)51-40)50-32-8-10-33(11-9-32)54-22-24-55(25-23-54)34-16-19-48(20-17-34)29-56(30-48)35-12-13-36-31(26-35)28-57(44(36)62)38-14-15-41(60)52-43(38)61/h2,4,8-13,26,34,37-40,42,46,49-51,53,64H,3,5-7,14-25,27-30H2,1H3,(H,52,60,61)/b4-2-/t37?,38?,39?,40?,42?,46?,47-/m1/s1. The molecule has 1 saturated carbocycles. The van der Waals surface area contributed by atoms with Gasteiger partial charge in [-0.1, -0.05) is 12.2 Å². The number of benzene rings is 2. The van der Waals surface area contributed by atoms with E-state index in [2.05, 4.69) is 94.8 Å². The number of aliphatic hydroxyl groups is 1. The van der Waals surface area contributed by atoms with Crippen LogP contribution in [-0.4, -0.2) is 143 Å². The Morgan fingerprint density at radius 2 is 1.61 bits per heavy atom. The molecule has 6 saturated heterocycles. The highest BCUT2D eigenvalue weighted by Crippen LogP contribution is 2.47. The molecule has 8 aliphatic heterocycles. The van der Waals surface area contributed by atoms with Crippen molar-refractivity contribution >= 4 is 40.7 Å². The number of fused-ring (bicyclic) bond motifs is 7. The Hall–Kier alpha value is -4.58. The predicted octanol–water partition coefficient (Wildman–Crippen LogP) is 2.48. The lowest BCUT2D eigenvalue weighted by molar-refractivity contribution is -0.146. The highest BCUT2D eigenvalue weighted by molar-refractivity contribution is 6.05. The third-order valence-corrected chi connectivity index (χ3v) is 16.4. The second-order valence-corrected chi connectivity index (χ2v) is 20.4. The minimum atomic E-state index is -0.806. The Labute approximate surface area is 376 Å². The second-order valence-electron chi connectivity index (χ2n) is 20.4. The zero-order valence-corrected chi connectivity index (χ0v) is 37.1. The number of allylic oxidation sites excluding steroid dienone is 1. The molecule has 6 N–H and O–H groups in total. The van der Waals surface area contributed by atoms with Gasteiger partial charge in [-0.3, -0.25) is 50.4 Å². The van der Waals surface area contributed by atoms with Gasteiger partial charge in [0.2, 0.25) is 17.7 Å². The first-order valence-electron chi connectivity index (χ1n) is 24.1. The molecule has 9 aliphatic rings. The number of anilines is 3. The van der Waals surface area contributed by atoms with Crippen molar-refractivity contribution in [1.82, 2.24) is 41.1 Å². The molecule has 342 valence electrons. The number of hydrogen-bond acceptors (Lipinski definition) is 13. The monoisotopic (exact) mass is 876 g/mol. The average Bonchev–Trinajstić information content (AvgIpc) is 3.76. The second kappa shape index (κ2) is 16.7. The summed E-state index contributed by atoms with van der Waals surface area (Å²) in [5.74, 6) is -0.813. The molecule has 0 radical (unpaired) electrons. The van der Waals surface area contributed by atoms with Gasteiger partial charge in [-0.15, -0.1) is 0 Å². The summed E-state index contributed by atoms with van der Waals surface area (Å²) in [6.45, 7) is 9.75. The van der Waals surface area contributed by atoms with Crippen LogP contribution in [0.5, 0.6) is 0 Å². The van der Waals surface area contributed by atoms with E-state index in [0.717, 1.165) is 81.9 Å². The van der Waals surface area contributed by atoms with Gasteiger partial charge in [-0.25, -0.2) is 0 Å². The molecule has 16 nitrogen and oxygen atoms in total. The highest BCUT2D eigenvalue weighted by atomic mass is 16.3. The summed E-state index contributed by atoms with van der Waals surface area (Å²) >= 11 is 0. The van der Waals surface area contributed by atoms with E-state index in [9.17, 15) is 24.3 Å². The first-order valence-corrected chi connectivity index (χ1v) is 24.1. The lowest BCUT2D eigenvalue weighted by Crippen LogP contribution is -2.69. The van der Waals surface area contributed by atoms with Crippen LogP contribution >= 0.6 is 0 Å². The van der Waals surface area contributed by atoms with Crippen molar-refractivity contribution in [3.63, 3.8) is 0 Å². The minimum absolute atomic E-state index is 0.0175. The van der Waals surface area contributed by atoms with Gasteiger partial charge < -0.3 is 25.1 Å². The topological polar surface area (TPSA) is 168 Å². The van der Waals surface area contributed by atoms with E-state index < -0.39 is 11.6 Å². The number of amides is 4. The zero-order valence-electron chi connectivity index (χ0n) is 37.1. The van der Waals surface area contributed by atoms with Crippen LogP contribution in [0.15, 0.2) is 54.6 Å². The molecule has 16 heteroatoms. The normalized spacial score (nSPS) is 34.2. The molecule has 1 aliphatic carbocycles. The fourth-order valence-electron chi connectivity index (χ4n) is 12.6. The number of carbonyl (C=O) groups is 4. The molecule has 4 amide bonds. The molecular weight excluding hydrogens is 811 g/mol. The molecule has 2 aromatic rings. The van der Waals surface area contributed by atoms with Crippen LogP contribution in [0.25, 0.3) is 0 Å². The Morgan fingerprint density at radius 3 is 2.39 bits per heavy atom. The number of piperidine rings is 2. The predicted molar refractivity (Wildman–Crippen MR) is 243 cm³/mol. The van der Waals surface area contributed by atoms with Crippen molar-refractivity contribution in [3.05, 3.63) is 65.7 Å². The van der Waals surface area contributed by atoms with Crippen molar-refractivity contribution in [2.45, 2.75) is 126 Å². The van der Waals surface area contributed by atoms with E-state index in [1.54, 1.807) is 4.90 Å². The van der Waals surface area contributed by atoms with Gasteiger partial charge >= 0.3 is 0 Å². The van der Waals surface area contributed by atoms with Crippen LogP contribution in [0.2, 0.25) is 0 Å². The number of rotatable bonds is 6. The van der Waals surface area contributed by atoms with E-state index >= 15 is 0 Å². The number of carbonyl (C=O) groups excluding carboxylic acids is 4. The maximum atomic E-state index is 13.8. The minimum Gasteiger partial charge on any atom is -0.389 e. The Balaban J connectivity index is 0.643. The molecule has 6 unspecified atom stereocenters. The van der Waals surface area contributed by atoms with Crippen molar-refractivity contribution < 1.29 is 24.3 Å². The van der Waals surface area contributed by atoms with Crippen LogP contribution in [0.3, 0.4) is 0 Å². The molecule has 2 bridgehead atoms. The molecule has 64 heavy (non-hydrogen) atoms. The number of hydrazine groups is 1. The maximum Gasteiger partial charge on any atom is 0.255 e. The Kier molecular flexibility index (Phi) is 11.0. The molecule has 2 aromatic carbocycles. The SMILES string of the molecule is C[C@@]1(O)CC/C=C\CN2C(=O)C3CNC(Nc4ccc(N5CCN(C6CCC7(CC6)CN(c6ccc8c(c6)CN(C6CCC(=O)NC6=O)C8=O)C7)CC5)cc4)NC3N2C2CCCC1N2. The van der Waals surface area contributed by atoms with E-state index in [-0.39, 0.29) is 60.6 Å². The van der Waals surface area contributed by atoms with Crippen LogP contribution in [0, 0.1) is 11.3 Å². The Morgan fingerprint density at radius 1 is 0.828 bits per heavy atom. The van der Waals surface area contributed by atoms with Crippen LogP contribution in [0.1, 0.15) is 93.5 Å². The van der Waals surface area contributed by atoms with E-state index in [1.165, 1.54) is 31.4 Å². The third-order valence-electron chi connectivity index (χ3n) is 16.4. The number of nitrogens with zero attached hydrogens (tertiary/aromatic N) is 6. The summed E-state index contributed by atoms with van der Waals surface area (Å²) in [6.07, 6.45) is 13.7. The maximum absolute atomic E-state index is 13.8. The summed E-state index contributed by atoms with van der Waals surface area (Å²) in [6, 6.07) is 14.9. The summed E-state index contributed by atoms with van der Waals surface area (Å²) in [4.78, 5) is 60.5. The third kappa shape index (κ3) is 7.77. The first-order chi connectivity index (χ1) is 31.0. The van der Waals surface area contributed by atoms with Gasteiger partial charge in [0.25, 0.3) is 5.91 Å². The van der Waals surface area contributed by atoms with Gasteiger partial charge in [0.1, 0.15) is 12.3 Å². The van der Waals surface area contributed by atoms with Gasteiger partial charge in [-0.05, 0) is 119 Å². The molecule has 8 heterocycles. The van der Waals surface area contributed by atoms with E-state index in [4.69, 9.17) is 0 Å². The smallest absolute Gasteiger partial charge is 0.255 e. The first kappa shape index (κ1) is 42.1. The molecule has 1 spiro atoms. The van der Waals surface area contributed by atoms with E-state index in [1.807, 2.05) is 18.0 Å². The fourth-order valence-corrected chi connectivity index (χ4v) is 12.6. The quantitative estimate of drug-likeness (QED) is 0.185. The number of piperazine rings is 1. The lowest BCUT2D eigenvalue weighted by atomic mass is 9.67. The fraction of sp³-hybridized carbons (Fsp3) is 0.625. The molecule has 7 atom stereocenters. The van der Waals surface area contributed by atoms with Gasteiger partial charge in [0.15, 0.2) is 0 Å². The molecule has 7 fully saturated rings. The number of imide groups is 1. The van der Waals surface area contributed by atoms with Gasteiger partial charge in [0, 0.05) is 98.9 Å². The summed E-state index contributed by atoms with van der Waals surface area (Å²) in [5, 5.41) is 32.6. The molecule has 0 aromatic heterocycles. The highest BCUT2D eigenvalue weighted by Gasteiger charge is 2.53. The van der Waals surface area contributed by atoms with Crippen molar-refractivity contribution in [1.29, 1.82) is 0 Å². The van der Waals surface area contributed by atoms with Crippen LogP contribution in [0.4, 0.5) is 17.1 Å². The number of nitrogens with one attached hydrogen (secondary N) is 5. The van der Waals surface area contributed by atoms with Crippen LogP contribution in [-0.2, 0) is 20.9 Å². The summed E-state index contributed by atoms with van der Waals surface area (Å²) in [7, 11) is 0. The lowest BCUT2D eigenvalue weighted by Gasteiger charge is -2.56. The largest absolute Gasteiger partial charge is 0.389 e. The van der Waals surface area contributed by atoms with Crippen molar-refractivity contribution in [3.8, 4) is 0 Å². The van der Waals surface area contributed by atoms with Gasteiger partial charge in [-0.2, -0.15) is 5.01 Å². The summed E-state index contributed by atoms with van der Waals surface area (Å²) < 4.78 is 0. The molecular formula is C48H65N11O5. The van der Waals surface area contributed by atoms with Crippen molar-refractivity contribution in [2.75, 3.05) is 67.5 Å². The zero-order chi connectivity index (χ0) is 43.7. The van der Waals surface area contributed by atoms with Crippen molar-refractivity contribution in [2.24, 2.45) is 11.3 Å². The van der Waals surface area contributed by atoms with Gasteiger partial charge in [0.05, 0.1) is 30.4 Å². The average molecular weight is 876 g/mol. The summed E-state index contributed by atoms with van der Waals surface area (Å²) in [5.41, 5.74) is 4.62. The van der Waals surface area contributed by atoms with Crippen LogP contribution < -0.4 is 36.4 Å². The van der Waals surface area contributed by atoms with E-state index in [0.29, 0.717) is 49.5 Å². The number of hydrogen-bond donors (Lipinski definition) is 6.